The molecule has 2 fully saturated rings. The fraction of sp³-hybridized carbons (Fsp3) is 0.895. The molecule has 2 amide bonds. The Morgan fingerprint density at radius 1 is 1.08 bits per heavy atom. The number of nitrogens with one attached hydrogen (secondary N) is 2. The van der Waals surface area contributed by atoms with E-state index >= 15 is 0 Å². The number of carbonyl (C=O) groups excluding carboxylic acids is 2. The molecule has 2 heterocycles. The van der Waals surface area contributed by atoms with Gasteiger partial charge in [0.2, 0.25) is 11.8 Å². The van der Waals surface area contributed by atoms with Gasteiger partial charge in [-0.15, -0.1) is 0 Å². The van der Waals surface area contributed by atoms with Crippen molar-refractivity contribution in [2.75, 3.05) is 52.9 Å². The van der Waals surface area contributed by atoms with Crippen molar-refractivity contribution in [3.8, 4) is 0 Å². The van der Waals surface area contributed by atoms with Gasteiger partial charge in [-0.05, 0) is 6.42 Å². The highest BCUT2D eigenvalue weighted by Gasteiger charge is 2.32. The minimum absolute atomic E-state index is 0.0675. The van der Waals surface area contributed by atoms with Crippen molar-refractivity contribution in [2.24, 2.45) is 5.92 Å². The summed E-state index contributed by atoms with van der Waals surface area (Å²) < 4.78 is 0. The second-order valence-electron chi connectivity index (χ2n) is 7.16. The second-order valence-corrected chi connectivity index (χ2v) is 7.16. The van der Waals surface area contributed by atoms with Gasteiger partial charge in [0.15, 0.2) is 0 Å². The van der Waals surface area contributed by atoms with E-state index in [1.165, 1.54) is 0 Å². The Labute approximate surface area is 159 Å². The van der Waals surface area contributed by atoms with Gasteiger partial charge in [0.25, 0.3) is 0 Å². The number of likely N-dealkylation sites (N-methyl/N-ethyl adjacent to an activating group) is 1. The van der Waals surface area contributed by atoms with Crippen LogP contribution in [-0.4, -0.2) is 91.6 Å². The van der Waals surface area contributed by atoms with E-state index in [4.69, 9.17) is 0 Å². The van der Waals surface area contributed by atoms with Crippen LogP contribution in [0.15, 0.2) is 0 Å². The Morgan fingerprint density at radius 2 is 1.69 bits per heavy atom. The van der Waals surface area contributed by atoms with Gasteiger partial charge in [-0.1, -0.05) is 34.6 Å². The molecule has 2 rings (SSSR count). The molecular formula is C19H39N5O2. The standard InChI is InChI=1S/C17H33N5O2.C2H6/c1-5-6-20(4)17(24)14-11-19-15(12-18-14)21-7-9-22(10-8-21)16(23)13(2)3;1-2/h13-15,18-19H,5-12H2,1-4H3;1-2H3. The fourth-order valence-electron chi connectivity index (χ4n) is 3.42. The monoisotopic (exact) mass is 369 g/mol. The maximum Gasteiger partial charge on any atom is 0.240 e. The van der Waals surface area contributed by atoms with E-state index in [0.717, 1.165) is 45.7 Å². The van der Waals surface area contributed by atoms with Gasteiger partial charge in [0, 0.05) is 58.8 Å². The molecule has 2 N–H and O–H groups in total. The van der Waals surface area contributed by atoms with E-state index in [1.54, 1.807) is 4.90 Å². The van der Waals surface area contributed by atoms with E-state index in [2.05, 4.69) is 22.5 Å². The summed E-state index contributed by atoms with van der Waals surface area (Å²) >= 11 is 0. The first-order chi connectivity index (χ1) is 12.4. The Hall–Kier alpha value is -1.18. The first-order valence-electron chi connectivity index (χ1n) is 10.2. The number of piperazine rings is 2. The number of amides is 2. The van der Waals surface area contributed by atoms with Crippen LogP contribution in [0.25, 0.3) is 0 Å². The Balaban J connectivity index is 0.00000163. The zero-order valence-electron chi connectivity index (χ0n) is 17.5. The van der Waals surface area contributed by atoms with E-state index in [9.17, 15) is 9.59 Å². The molecule has 0 aromatic carbocycles. The number of nitrogens with zero attached hydrogens (tertiary/aromatic N) is 3. The minimum Gasteiger partial charge on any atom is -0.344 e. The Morgan fingerprint density at radius 3 is 2.15 bits per heavy atom. The number of hydrogen-bond acceptors (Lipinski definition) is 5. The summed E-state index contributed by atoms with van der Waals surface area (Å²) in [7, 11) is 1.87. The minimum atomic E-state index is -0.137. The lowest BCUT2D eigenvalue weighted by Gasteiger charge is -2.43. The largest absolute Gasteiger partial charge is 0.344 e. The van der Waals surface area contributed by atoms with Crippen molar-refractivity contribution in [3.63, 3.8) is 0 Å². The molecule has 0 aromatic heterocycles. The number of hydrogen-bond donors (Lipinski definition) is 2. The first kappa shape index (κ1) is 22.9. The van der Waals surface area contributed by atoms with Crippen LogP contribution >= 0.6 is 0 Å². The third-order valence-corrected chi connectivity index (χ3v) is 4.91. The molecule has 0 aromatic rings. The molecule has 2 atom stereocenters. The van der Waals surface area contributed by atoms with Crippen molar-refractivity contribution in [2.45, 2.75) is 53.2 Å². The van der Waals surface area contributed by atoms with Crippen LogP contribution in [0.2, 0.25) is 0 Å². The number of carbonyl (C=O) groups is 2. The Bertz CT molecular complexity index is 428. The smallest absolute Gasteiger partial charge is 0.240 e. The van der Waals surface area contributed by atoms with Gasteiger partial charge in [-0.25, -0.2) is 0 Å². The molecule has 0 spiro atoms. The van der Waals surface area contributed by atoms with Crippen LogP contribution in [0.4, 0.5) is 0 Å². The first-order valence-corrected chi connectivity index (χ1v) is 10.2. The van der Waals surface area contributed by atoms with Gasteiger partial charge in [-0.2, -0.15) is 0 Å². The molecule has 2 aliphatic rings. The van der Waals surface area contributed by atoms with E-state index in [1.807, 2.05) is 39.6 Å². The molecule has 26 heavy (non-hydrogen) atoms. The predicted octanol–water partition coefficient (Wildman–Crippen LogP) is 0.569. The fourth-order valence-corrected chi connectivity index (χ4v) is 3.42. The van der Waals surface area contributed by atoms with Crippen LogP contribution in [0.1, 0.15) is 41.0 Å². The SMILES string of the molecule is CC.CCCN(C)C(=O)C1CNC(N2CCN(C(=O)C(C)C)CC2)CN1. The molecule has 2 unspecified atom stereocenters. The van der Waals surface area contributed by atoms with Crippen molar-refractivity contribution in [1.82, 2.24) is 25.3 Å². The lowest BCUT2D eigenvalue weighted by atomic mass is 10.1. The third kappa shape index (κ3) is 6.21. The maximum atomic E-state index is 12.3. The van der Waals surface area contributed by atoms with Crippen LogP contribution in [0, 0.1) is 5.92 Å². The average molecular weight is 370 g/mol. The number of rotatable bonds is 5. The molecule has 2 aliphatic heterocycles. The maximum absolute atomic E-state index is 12.3. The van der Waals surface area contributed by atoms with Gasteiger partial charge < -0.3 is 15.1 Å². The summed E-state index contributed by atoms with van der Waals surface area (Å²) in [6.07, 6.45) is 1.21. The predicted molar refractivity (Wildman–Crippen MR) is 106 cm³/mol. The highest BCUT2D eigenvalue weighted by atomic mass is 16.2. The molecule has 0 aliphatic carbocycles. The highest BCUT2D eigenvalue weighted by molar-refractivity contribution is 5.82. The summed E-state index contributed by atoms with van der Waals surface area (Å²) in [5, 5.41) is 6.88. The van der Waals surface area contributed by atoms with Crippen LogP contribution in [-0.2, 0) is 9.59 Å². The normalized spacial score (nSPS) is 24.0. The summed E-state index contributed by atoms with van der Waals surface area (Å²) in [5.41, 5.74) is 0. The van der Waals surface area contributed by atoms with Gasteiger partial charge in [0.05, 0.1) is 12.2 Å². The van der Waals surface area contributed by atoms with Crippen molar-refractivity contribution in [3.05, 3.63) is 0 Å². The topological polar surface area (TPSA) is 67.9 Å². The van der Waals surface area contributed by atoms with E-state index in [-0.39, 0.29) is 29.9 Å². The van der Waals surface area contributed by atoms with Crippen LogP contribution in [0.3, 0.4) is 0 Å². The quantitative estimate of drug-likeness (QED) is 0.742. The molecule has 0 saturated carbocycles. The van der Waals surface area contributed by atoms with Gasteiger partial charge in [-0.3, -0.25) is 19.8 Å². The summed E-state index contributed by atoms with van der Waals surface area (Å²) in [5.74, 6) is 0.474. The van der Waals surface area contributed by atoms with E-state index in [0.29, 0.717) is 6.54 Å². The van der Waals surface area contributed by atoms with Crippen molar-refractivity contribution in [1.29, 1.82) is 0 Å². The third-order valence-electron chi connectivity index (χ3n) is 4.91. The molecule has 7 nitrogen and oxygen atoms in total. The average Bonchev–Trinajstić information content (AvgIpc) is 2.68. The molecule has 0 bridgehead atoms. The summed E-state index contributed by atoms with van der Waals surface area (Å²) in [4.78, 5) is 30.5. The van der Waals surface area contributed by atoms with Crippen LogP contribution in [0.5, 0.6) is 0 Å². The van der Waals surface area contributed by atoms with Gasteiger partial charge >= 0.3 is 0 Å². The zero-order chi connectivity index (χ0) is 19.7. The second kappa shape index (κ2) is 11.5. The van der Waals surface area contributed by atoms with Crippen LogP contribution < -0.4 is 10.6 Å². The lowest BCUT2D eigenvalue weighted by Crippen LogP contribution is -2.66. The molecule has 2 saturated heterocycles. The summed E-state index contributed by atoms with van der Waals surface area (Å²) in [6, 6.07) is -0.137. The lowest BCUT2D eigenvalue weighted by molar-refractivity contribution is -0.137. The molecule has 0 radical (unpaired) electrons. The highest BCUT2D eigenvalue weighted by Crippen LogP contribution is 2.10. The molecular weight excluding hydrogens is 330 g/mol. The van der Waals surface area contributed by atoms with Crippen molar-refractivity contribution >= 4 is 11.8 Å². The molecule has 152 valence electrons. The Kier molecular flexibility index (Phi) is 10.1. The zero-order valence-corrected chi connectivity index (χ0v) is 17.5. The van der Waals surface area contributed by atoms with Gasteiger partial charge in [0.1, 0.15) is 0 Å². The van der Waals surface area contributed by atoms with E-state index < -0.39 is 0 Å². The molecule has 7 heteroatoms. The van der Waals surface area contributed by atoms with Crippen molar-refractivity contribution < 1.29 is 9.59 Å². The summed E-state index contributed by atoms with van der Waals surface area (Å²) in [6.45, 7) is 15.5.